The summed E-state index contributed by atoms with van der Waals surface area (Å²) in [4.78, 5) is 32.3. The molecule has 0 atom stereocenters. The molecule has 4 heterocycles. The number of carbonyl (C=O) groups excluding carboxylic acids is 2. The molecule has 0 saturated carbocycles. The first-order valence-electron chi connectivity index (χ1n) is 9.57. The number of carbonyl (C=O) groups is 2. The molecule has 0 aliphatic carbocycles. The highest BCUT2D eigenvalue weighted by Gasteiger charge is 2.32. The molecule has 2 aliphatic rings. The predicted molar refractivity (Wildman–Crippen MR) is 104 cm³/mol. The van der Waals surface area contributed by atoms with Gasteiger partial charge >= 0.3 is 0 Å². The maximum atomic E-state index is 12.9. The van der Waals surface area contributed by atoms with Crippen LogP contribution in [-0.2, 0) is 11.3 Å². The Hall–Kier alpha value is -2.12. The van der Waals surface area contributed by atoms with Gasteiger partial charge in [0.1, 0.15) is 5.76 Å². The fourth-order valence-electron chi connectivity index (χ4n) is 3.89. The van der Waals surface area contributed by atoms with Crippen molar-refractivity contribution in [2.75, 3.05) is 39.3 Å². The zero-order chi connectivity index (χ0) is 18.6. The standard InChI is InChI=1S/C20H25N3O3S/c24-19(23-11-9-21(10-12-23)15-17-3-1-13-26-17)16-5-7-22(8-6-16)20(25)18-4-2-14-27-18/h1-4,13-14,16H,5-12,15H2. The molecule has 0 N–H and O–H groups in total. The monoisotopic (exact) mass is 387 g/mol. The molecule has 0 aromatic carbocycles. The van der Waals surface area contributed by atoms with Gasteiger partial charge in [-0.25, -0.2) is 0 Å². The fraction of sp³-hybridized carbons (Fsp3) is 0.500. The zero-order valence-electron chi connectivity index (χ0n) is 15.4. The largest absolute Gasteiger partial charge is 0.468 e. The molecule has 2 amide bonds. The van der Waals surface area contributed by atoms with Crippen LogP contribution >= 0.6 is 11.3 Å². The lowest BCUT2D eigenvalue weighted by molar-refractivity contribution is -0.138. The minimum absolute atomic E-state index is 0.0500. The van der Waals surface area contributed by atoms with E-state index in [-0.39, 0.29) is 17.7 Å². The third-order valence-corrected chi connectivity index (χ3v) is 6.36. The molecular formula is C20H25N3O3S. The van der Waals surface area contributed by atoms with Gasteiger partial charge in [0.15, 0.2) is 0 Å². The molecule has 2 aromatic rings. The summed E-state index contributed by atoms with van der Waals surface area (Å²) in [5.41, 5.74) is 0. The van der Waals surface area contributed by atoms with Crippen LogP contribution < -0.4 is 0 Å². The number of nitrogens with zero attached hydrogens (tertiary/aromatic N) is 3. The first kappa shape index (κ1) is 18.3. The van der Waals surface area contributed by atoms with Gasteiger partial charge in [-0.05, 0) is 36.4 Å². The van der Waals surface area contributed by atoms with Gasteiger partial charge in [0, 0.05) is 45.2 Å². The maximum Gasteiger partial charge on any atom is 0.263 e. The molecule has 7 heteroatoms. The minimum Gasteiger partial charge on any atom is -0.468 e. The summed E-state index contributed by atoms with van der Waals surface area (Å²) in [5, 5.41) is 1.93. The second kappa shape index (κ2) is 8.27. The van der Waals surface area contributed by atoms with E-state index in [0.29, 0.717) is 13.1 Å². The smallest absolute Gasteiger partial charge is 0.263 e. The van der Waals surface area contributed by atoms with Crippen LogP contribution in [0.15, 0.2) is 40.3 Å². The van der Waals surface area contributed by atoms with E-state index in [1.807, 2.05) is 39.4 Å². The summed E-state index contributed by atoms with van der Waals surface area (Å²) in [6.45, 7) is 5.45. The van der Waals surface area contributed by atoms with Crippen molar-refractivity contribution < 1.29 is 14.0 Å². The van der Waals surface area contributed by atoms with Crippen LogP contribution in [0.5, 0.6) is 0 Å². The Bertz CT molecular complexity index is 744. The van der Waals surface area contributed by atoms with E-state index in [2.05, 4.69) is 4.90 Å². The van der Waals surface area contributed by atoms with Crippen LogP contribution in [0.2, 0.25) is 0 Å². The molecule has 144 valence electrons. The summed E-state index contributed by atoms with van der Waals surface area (Å²) in [5.74, 6) is 1.38. The Morgan fingerprint density at radius 1 is 1.00 bits per heavy atom. The van der Waals surface area contributed by atoms with Gasteiger partial charge in [-0.2, -0.15) is 0 Å². The summed E-state index contributed by atoms with van der Waals surface area (Å²) >= 11 is 1.48. The number of piperazine rings is 1. The molecular weight excluding hydrogens is 362 g/mol. The van der Waals surface area contributed by atoms with Gasteiger partial charge in [-0.1, -0.05) is 6.07 Å². The van der Waals surface area contributed by atoms with Crippen LogP contribution in [0.3, 0.4) is 0 Å². The van der Waals surface area contributed by atoms with Gasteiger partial charge in [-0.15, -0.1) is 11.3 Å². The molecule has 27 heavy (non-hydrogen) atoms. The van der Waals surface area contributed by atoms with Gasteiger partial charge < -0.3 is 14.2 Å². The van der Waals surface area contributed by atoms with Gasteiger partial charge in [0.05, 0.1) is 17.7 Å². The topological polar surface area (TPSA) is 57.0 Å². The highest BCUT2D eigenvalue weighted by molar-refractivity contribution is 7.12. The van der Waals surface area contributed by atoms with Crippen molar-refractivity contribution >= 4 is 23.2 Å². The van der Waals surface area contributed by atoms with E-state index in [1.165, 1.54) is 11.3 Å². The van der Waals surface area contributed by atoms with Gasteiger partial charge in [0.2, 0.25) is 5.91 Å². The summed E-state index contributed by atoms with van der Waals surface area (Å²) in [6.07, 6.45) is 3.23. The Morgan fingerprint density at radius 3 is 2.41 bits per heavy atom. The lowest BCUT2D eigenvalue weighted by atomic mass is 9.95. The predicted octanol–water partition coefficient (Wildman–Crippen LogP) is 2.54. The summed E-state index contributed by atoms with van der Waals surface area (Å²) in [6, 6.07) is 7.67. The van der Waals surface area contributed by atoms with Crippen molar-refractivity contribution in [2.45, 2.75) is 19.4 Å². The summed E-state index contributed by atoms with van der Waals surface area (Å²) < 4.78 is 5.41. The number of hydrogen-bond donors (Lipinski definition) is 0. The van der Waals surface area contributed by atoms with E-state index >= 15 is 0 Å². The minimum atomic E-state index is 0.0500. The molecule has 4 rings (SSSR count). The molecule has 0 spiro atoms. The second-order valence-electron chi connectivity index (χ2n) is 7.22. The fourth-order valence-corrected chi connectivity index (χ4v) is 4.58. The van der Waals surface area contributed by atoms with Crippen LogP contribution in [0.4, 0.5) is 0 Å². The van der Waals surface area contributed by atoms with E-state index in [1.54, 1.807) is 6.26 Å². The Morgan fingerprint density at radius 2 is 1.78 bits per heavy atom. The van der Waals surface area contributed by atoms with Crippen LogP contribution in [0, 0.1) is 5.92 Å². The number of furan rings is 1. The number of hydrogen-bond acceptors (Lipinski definition) is 5. The first-order valence-corrected chi connectivity index (χ1v) is 10.4. The molecule has 2 saturated heterocycles. The third kappa shape index (κ3) is 4.25. The third-order valence-electron chi connectivity index (χ3n) is 5.51. The van der Waals surface area contributed by atoms with Crippen LogP contribution in [0.1, 0.15) is 28.3 Å². The Kier molecular flexibility index (Phi) is 5.59. The van der Waals surface area contributed by atoms with E-state index < -0.39 is 0 Å². The molecule has 2 aromatic heterocycles. The number of likely N-dealkylation sites (tertiary alicyclic amines) is 1. The lowest BCUT2D eigenvalue weighted by Gasteiger charge is -2.38. The number of rotatable bonds is 4. The highest BCUT2D eigenvalue weighted by atomic mass is 32.1. The van der Waals surface area contributed by atoms with Gasteiger partial charge in [-0.3, -0.25) is 14.5 Å². The normalized spacial score (nSPS) is 19.4. The van der Waals surface area contributed by atoms with Crippen molar-refractivity contribution in [1.29, 1.82) is 0 Å². The van der Waals surface area contributed by atoms with Crippen molar-refractivity contribution in [3.8, 4) is 0 Å². The molecule has 0 radical (unpaired) electrons. The first-order chi connectivity index (χ1) is 13.2. The van der Waals surface area contributed by atoms with Crippen molar-refractivity contribution in [1.82, 2.24) is 14.7 Å². The maximum absolute atomic E-state index is 12.9. The zero-order valence-corrected chi connectivity index (χ0v) is 16.2. The lowest BCUT2D eigenvalue weighted by Crippen LogP contribution is -2.51. The SMILES string of the molecule is O=C(c1cccs1)N1CCC(C(=O)N2CCN(Cc3ccco3)CC2)CC1. The van der Waals surface area contributed by atoms with E-state index in [4.69, 9.17) is 4.42 Å². The second-order valence-corrected chi connectivity index (χ2v) is 8.17. The Labute approximate surface area is 163 Å². The number of piperidine rings is 1. The average molecular weight is 388 g/mol. The van der Waals surface area contributed by atoms with Gasteiger partial charge in [0.25, 0.3) is 5.91 Å². The molecule has 2 aliphatic heterocycles. The van der Waals surface area contributed by atoms with Crippen molar-refractivity contribution in [3.63, 3.8) is 0 Å². The van der Waals surface area contributed by atoms with Crippen LogP contribution in [-0.4, -0.2) is 65.8 Å². The Balaban J connectivity index is 1.23. The van der Waals surface area contributed by atoms with Crippen molar-refractivity contribution in [2.24, 2.45) is 5.92 Å². The number of thiophene rings is 1. The van der Waals surface area contributed by atoms with E-state index in [9.17, 15) is 9.59 Å². The van der Waals surface area contributed by atoms with E-state index in [0.717, 1.165) is 56.2 Å². The highest BCUT2D eigenvalue weighted by Crippen LogP contribution is 2.23. The quantitative estimate of drug-likeness (QED) is 0.809. The molecule has 2 fully saturated rings. The van der Waals surface area contributed by atoms with Crippen LogP contribution in [0.25, 0.3) is 0 Å². The average Bonchev–Trinajstić information content (AvgIpc) is 3.42. The van der Waals surface area contributed by atoms with Crippen molar-refractivity contribution in [3.05, 3.63) is 46.5 Å². The number of amides is 2. The molecule has 0 unspecified atom stereocenters. The molecule has 6 nitrogen and oxygen atoms in total. The molecule has 0 bridgehead atoms. The summed E-state index contributed by atoms with van der Waals surface area (Å²) in [7, 11) is 0.